The van der Waals surface area contributed by atoms with Crippen molar-refractivity contribution in [1.29, 1.82) is 0 Å². The number of aryl methyl sites for hydroxylation is 1. The van der Waals surface area contributed by atoms with Crippen LogP contribution in [0.5, 0.6) is 17.2 Å². The molecule has 2 aromatic carbocycles. The monoisotopic (exact) mass is 371 g/mol. The van der Waals surface area contributed by atoms with Gasteiger partial charge in [-0.15, -0.1) is 0 Å². The first-order valence-electron chi connectivity index (χ1n) is 8.58. The van der Waals surface area contributed by atoms with Gasteiger partial charge in [-0.05, 0) is 43.2 Å². The Balaban J connectivity index is 1.46. The molecule has 0 saturated heterocycles. The zero-order valence-corrected chi connectivity index (χ0v) is 15.2. The highest BCUT2D eigenvalue weighted by atomic mass is 16.7. The quantitative estimate of drug-likeness (QED) is 0.754. The molecule has 0 fully saturated rings. The molecule has 1 aliphatic heterocycles. The van der Waals surface area contributed by atoms with E-state index in [1.165, 1.54) is 6.92 Å². The molecule has 1 atom stereocenters. The lowest BCUT2D eigenvalue weighted by Gasteiger charge is -2.14. The number of hydrogen-bond acceptors (Lipinski definition) is 6. The van der Waals surface area contributed by atoms with E-state index in [-0.39, 0.29) is 13.2 Å². The molecule has 1 heterocycles. The van der Waals surface area contributed by atoms with Gasteiger partial charge < -0.3 is 24.3 Å². The summed E-state index contributed by atoms with van der Waals surface area (Å²) in [6, 6.07) is 12.5. The third kappa shape index (κ3) is 4.91. The molecule has 0 saturated carbocycles. The largest absolute Gasteiger partial charge is 0.497 e. The first kappa shape index (κ1) is 18.6. The van der Waals surface area contributed by atoms with Crippen LogP contribution in [0, 0.1) is 0 Å². The summed E-state index contributed by atoms with van der Waals surface area (Å²) in [5.41, 5.74) is 1.54. The van der Waals surface area contributed by atoms with Gasteiger partial charge in [0.05, 0.1) is 7.11 Å². The van der Waals surface area contributed by atoms with Crippen LogP contribution in [-0.2, 0) is 20.7 Å². The highest BCUT2D eigenvalue weighted by Gasteiger charge is 2.19. The number of carbonyl (C=O) groups excluding carboxylic acids is 2. The number of fused-ring (bicyclic) bond motifs is 1. The smallest absolute Gasteiger partial charge is 0.306 e. The Kier molecular flexibility index (Phi) is 5.80. The van der Waals surface area contributed by atoms with Gasteiger partial charge in [-0.3, -0.25) is 9.59 Å². The van der Waals surface area contributed by atoms with Gasteiger partial charge in [0, 0.05) is 18.2 Å². The number of rotatable bonds is 7. The summed E-state index contributed by atoms with van der Waals surface area (Å²) in [4.78, 5) is 24.2. The molecule has 1 unspecified atom stereocenters. The van der Waals surface area contributed by atoms with Crippen molar-refractivity contribution in [3.05, 3.63) is 48.0 Å². The zero-order chi connectivity index (χ0) is 19.2. The van der Waals surface area contributed by atoms with Crippen molar-refractivity contribution < 1.29 is 28.5 Å². The second-order valence-electron chi connectivity index (χ2n) is 6.04. The van der Waals surface area contributed by atoms with Crippen molar-refractivity contribution in [3.8, 4) is 17.2 Å². The molecular weight excluding hydrogens is 350 g/mol. The molecule has 27 heavy (non-hydrogen) atoms. The third-order valence-electron chi connectivity index (χ3n) is 4.09. The lowest BCUT2D eigenvalue weighted by atomic mass is 10.1. The molecular formula is C20H21NO6. The summed E-state index contributed by atoms with van der Waals surface area (Å²) < 4.78 is 20.8. The van der Waals surface area contributed by atoms with Crippen LogP contribution in [0.3, 0.4) is 0 Å². The number of hydrogen-bond donors (Lipinski definition) is 1. The van der Waals surface area contributed by atoms with E-state index in [9.17, 15) is 9.59 Å². The number of esters is 1. The van der Waals surface area contributed by atoms with Crippen LogP contribution in [-0.4, -0.2) is 31.9 Å². The van der Waals surface area contributed by atoms with Crippen LogP contribution in [0.2, 0.25) is 0 Å². The molecule has 2 aromatic rings. The molecule has 3 rings (SSSR count). The van der Waals surface area contributed by atoms with Crippen LogP contribution >= 0.6 is 0 Å². The zero-order valence-electron chi connectivity index (χ0n) is 15.2. The normalized spacial score (nSPS) is 13.0. The number of methoxy groups -OCH3 is 1. The first-order valence-corrected chi connectivity index (χ1v) is 8.58. The third-order valence-corrected chi connectivity index (χ3v) is 4.09. The maximum atomic E-state index is 12.2. The Morgan fingerprint density at radius 2 is 1.85 bits per heavy atom. The lowest BCUT2D eigenvalue weighted by molar-refractivity contribution is -0.153. The maximum absolute atomic E-state index is 12.2. The number of ether oxygens (including phenoxy) is 4. The van der Waals surface area contributed by atoms with Gasteiger partial charge in [-0.25, -0.2) is 0 Å². The van der Waals surface area contributed by atoms with Crippen molar-refractivity contribution in [3.63, 3.8) is 0 Å². The van der Waals surface area contributed by atoms with Gasteiger partial charge in [-0.1, -0.05) is 12.1 Å². The fraction of sp³-hybridized carbons (Fsp3) is 0.300. The number of anilines is 1. The molecule has 142 valence electrons. The lowest BCUT2D eigenvalue weighted by Crippen LogP contribution is -2.30. The second kappa shape index (κ2) is 8.44. The van der Waals surface area contributed by atoms with Crippen LogP contribution in [0.1, 0.15) is 18.9 Å². The van der Waals surface area contributed by atoms with E-state index in [0.717, 1.165) is 11.3 Å². The fourth-order valence-corrected chi connectivity index (χ4v) is 2.57. The van der Waals surface area contributed by atoms with E-state index in [4.69, 9.17) is 18.9 Å². The van der Waals surface area contributed by atoms with Crippen LogP contribution in [0.25, 0.3) is 0 Å². The molecule has 1 N–H and O–H groups in total. The Bertz CT molecular complexity index is 818. The van der Waals surface area contributed by atoms with Crippen LogP contribution in [0.15, 0.2) is 42.5 Å². The van der Waals surface area contributed by atoms with Crippen molar-refractivity contribution in [2.45, 2.75) is 25.9 Å². The Morgan fingerprint density at radius 1 is 1.11 bits per heavy atom. The summed E-state index contributed by atoms with van der Waals surface area (Å²) >= 11 is 0. The van der Waals surface area contributed by atoms with Crippen LogP contribution in [0.4, 0.5) is 5.69 Å². The fourth-order valence-electron chi connectivity index (χ4n) is 2.57. The minimum Gasteiger partial charge on any atom is -0.497 e. The summed E-state index contributed by atoms with van der Waals surface area (Å²) in [7, 11) is 1.60. The molecule has 0 aliphatic carbocycles. The van der Waals surface area contributed by atoms with Gasteiger partial charge in [0.15, 0.2) is 17.6 Å². The average molecular weight is 371 g/mol. The van der Waals surface area contributed by atoms with Crippen molar-refractivity contribution in [2.75, 3.05) is 19.2 Å². The number of benzene rings is 2. The Morgan fingerprint density at radius 3 is 2.59 bits per heavy atom. The van der Waals surface area contributed by atoms with Gasteiger partial charge >= 0.3 is 5.97 Å². The summed E-state index contributed by atoms with van der Waals surface area (Å²) in [5, 5.41) is 2.70. The van der Waals surface area contributed by atoms with E-state index >= 15 is 0 Å². The molecule has 1 aliphatic rings. The van der Waals surface area contributed by atoms with E-state index in [0.29, 0.717) is 23.6 Å². The molecule has 7 nitrogen and oxygen atoms in total. The van der Waals surface area contributed by atoms with E-state index in [2.05, 4.69) is 5.32 Å². The van der Waals surface area contributed by atoms with Gasteiger partial charge in [0.2, 0.25) is 6.79 Å². The van der Waals surface area contributed by atoms with Gasteiger partial charge in [0.25, 0.3) is 5.91 Å². The number of carbonyl (C=O) groups is 2. The highest BCUT2D eigenvalue weighted by Crippen LogP contribution is 2.34. The van der Waals surface area contributed by atoms with Crippen LogP contribution < -0.4 is 19.5 Å². The molecule has 0 spiro atoms. The predicted molar refractivity (Wildman–Crippen MR) is 98.1 cm³/mol. The maximum Gasteiger partial charge on any atom is 0.306 e. The molecule has 0 bridgehead atoms. The number of nitrogens with one attached hydrogen (secondary N) is 1. The molecule has 0 aromatic heterocycles. The summed E-state index contributed by atoms with van der Waals surface area (Å²) in [6.07, 6.45) is -0.188. The summed E-state index contributed by atoms with van der Waals surface area (Å²) in [6.45, 7) is 1.70. The minimum atomic E-state index is -0.904. The predicted octanol–water partition coefficient (Wildman–Crippen LogP) is 2.93. The van der Waals surface area contributed by atoms with E-state index in [1.54, 1.807) is 25.3 Å². The van der Waals surface area contributed by atoms with E-state index < -0.39 is 18.0 Å². The number of amides is 1. The molecule has 7 heteroatoms. The first-order chi connectivity index (χ1) is 13.0. The standard InChI is InChI=1S/C20H21NO6/c1-13(20(23)21-15-6-9-17-18(11-15)26-12-25-17)27-19(22)10-5-14-3-7-16(24-2)8-4-14/h3-4,6-9,11,13H,5,10,12H2,1-2H3,(H,21,23). The van der Waals surface area contributed by atoms with Crippen molar-refractivity contribution in [1.82, 2.24) is 0 Å². The van der Waals surface area contributed by atoms with Crippen molar-refractivity contribution >= 4 is 17.6 Å². The van der Waals surface area contributed by atoms with Crippen molar-refractivity contribution in [2.24, 2.45) is 0 Å². The SMILES string of the molecule is COc1ccc(CCC(=O)OC(C)C(=O)Nc2ccc3c(c2)OCO3)cc1. The summed E-state index contributed by atoms with van der Waals surface area (Å²) in [5.74, 6) is 1.11. The van der Waals surface area contributed by atoms with Gasteiger partial charge in [0.1, 0.15) is 5.75 Å². The van der Waals surface area contributed by atoms with Gasteiger partial charge in [-0.2, -0.15) is 0 Å². The van der Waals surface area contributed by atoms with E-state index in [1.807, 2.05) is 24.3 Å². The Hall–Kier alpha value is -3.22. The second-order valence-corrected chi connectivity index (χ2v) is 6.04. The minimum absolute atomic E-state index is 0.162. The molecule has 1 amide bonds. The topological polar surface area (TPSA) is 83.1 Å². The molecule has 0 radical (unpaired) electrons. The average Bonchev–Trinajstić information content (AvgIpc) is 3.14. The Labute approximate surface area is 157 Å². The highest BCUT2D eigenvalue weighted by molar-refractivity contribution is 5.95.